The number of methoxy groups -OCH3 is 1. The number of esters is 1. The largest absolute Gasteiger partial charge is 0.497 e. The lowest BCUT2D eigenvalue weighted by Crippen LogP contribution is -2.37. The lowest BCUT2D eigenvalue weighted by molar-refractivity contribution is -0.870. The molecule has 0 aliphatic carbocycles. The van der Waals surface area contributed by atoms with E-state index in [-0.39, 0.29) is 32.0 Å². The van der Waals surface area contributed by atoms with Gasteiger partial charge in [-0.2, -0.15) is 0 Å². The normalized spacial score (nSPS) is 13.2. The number of carbonyl (C=O) groups excluding carboxylic acids is 2. The molecule has 59 heavy (non-hydrogen) atoms. The third-order valence-corrected chi connectivity index (χ3v) is 9.95. The molecule has 0 saturated heterocycles. The van der Waals surface area contributed by atoms with Crippen molar-refractivity contribution in [3.8, 4) is 40.2 Å². The maximum atomic E-state index is 13.1. The van der Waals surface area contributed by atoms with Crippen LogP contribution < -0.4 is 18.9 Å². The molecule has 0 saturated carbocycles. The van der Waals surface area contributed by atoms with E-state index in [1.807, 2.05) is 45.4 Å². The number of nitrogens with zero attached hydrogens (tertiary/aromatic N) is 1. The Labute approximate surface area is 344 Å². The molecular formula is C45H51NO12P+. The summed E-state index contributed by atoms with van der Waals surface area (Å²) in [7, 11) is 3.10. The van der Waals surface area contributed by atoms with Gasteiger partial charge in [-0.05, 0) is 135 Å². The molecular weight excluding hydrogens is 777 g/mol. The summed E-state index contributed by atoms with van der Waals surface area (Å²) in [5.41, 5.74) is 0.562. The lowest BCUT2D eigenvalue weighted by atomic mass is 9.85. The first kappa shape index (κ1) is 44.6. The highest BCUT2D eigenvalue weighted by atomic mass is 31.2. The van der Waals surface area contributed by atoms with E-state index in [0.29, 0.717) is 62.2 Å². The summed E-state index contributed by atoms with van der Waals surface area (Å²) < 4.78 is 50.7. The Bertz CT molecular complexity index is 2170. The van der Waals surface area contributed by atoms with Gasteiger partial charge in [0.05, 0.1) is 46.4 Å². The summed E-state index contributed by atoms with van der Waals surface area (Å²) in [5.74, 6) is 3.52. The molecule has 0 bridgehead atoms. The zero-order valence-corrected chi connectivity index (χ0v) is 34.9. The molecule has 0 spiro atoms. The van der Waals surface area contributed by atoms with E-state index in [9.17, 15) is 24.2 Å². The summed E-state index contributed by atoms with van der Waals surface area (Å²) in [5, 5.41) is 10.9. The molecule has 312 valence electrons. The molecule has 0 aliphatic rings. The number of hydrogen-bond donors (Lipinski definition) is 2. The van der Waals surface area contributed by atoms with Gasteiger partial charge in [0.2, 0.25) is 0 Å². The van der Waals surface area contributed by atoms with Gasteiger partial charge in [0, 0.05) is 11.1 Å². The predicted molar refractivity (Wildman–Crippen MR) is 221 cm³/mol. The second-order valence-electron chi connectivity index (χ2n) is 15.3. The van der Waals surface area contributed by atoms with Gasteiger partial charge in [-0.15, -0.1) is 0 Å². The van der Waals surface area contributed by atoms with Crippen LogP contribution in [-0.4, -0.2) is 80.9 Å². The van der Waals surface area contributed by atoms with E-state index in [1.54, 1.807) is 118 Å². The number of hydrogen-bond acceptors (Lipinski definition) is 11. The van der Waals surface area contributed by atoms with Crippen molar-refractivity contribution in [1.82, 2.24) is 0 Å². The molecule has 0 heterocycles. The van der Waals surface area contributed by atoms with Crippen LogP contribution >= 0.6 is 7.82 Å². The van der Waals surface area contributed by atoms with Crippen molar-refractivity contribution < 1.29 is 61.4 Å². The second kappa shape index (κ2) is 20.0. The van der Waals surface area contributed by atoms with Crippen LogP contribution in [0.15, 0.2) is 121 Å². The number of phosphoric ester groups is 1. The summed E-state index contributed by atoms with van der Waals surface area (Å²) in [6, 6.07) is 35.0. The van der Waals surface area contributed by atoms with Crippen molar-refractivity contribution >= 4 is 19.6 Å². The van der Waals surface area contributed by atoms with Crippen LogP contribution in [0, 0.1) is 5.41 Å². The zero-order chi connectivity index (χ0) is 42.6. The van der Waals surface area contributed by atoms with Crippen LogP contribution in [0.3, 0.4) is 0 Å². The Hall–Kier alpha value is -5.53. The first-order chi connectivity index (χ1) is 28.0. The van der Waals surface area contributed by atoms with Crippen molar-refractivity contribution in [3.63, 3.8) is 0 Å². The van der Waals surface area contributed by atoms with Gasteiger partial charge < -0.3 is 38.2 Å². The van der Waals surface area contributed by atoms with Crippen LogP contribution in [0.5, 0.6) is 40.2 Å². The average molecular weight is 829 g/mol. The van der Waals surface area contributed by atoms with Crippen LogP contribution in [0.25, 0.3) is 0 Å². The summed E-state index contributed by atoms with van der Waals surface area (Å²) in [6.45, 7) is 3.26. The highest BCUT2D eigenvalue weighted by Crippen LogP contribution is 2.43. The van der Waals surface area contributed by atoms with E-state index in [2.05, 4.69) is 0 Å². The standard InChI is InChI=1S/C45H50NO12P/c1-45(2,44(49)53-29-30-55-59(50,51)54-28-27-46(3,4)5)31-42(47)32-7-13-36(14-8-32)56-40-23-25-41(26-24-40)58-38-17-11-34(12-18-38)43(48)33-9-15-37(16-10-33)57-39-21-19-35(52-6)20-22-39/h7-26,42,47H,27-31H2,1-6H3/p+1. The number of ether oxygens (including phenoxy) is 5. The van der Waals surface area contributed by atoms with E-state index >= 15 is 0 Å². The van der Waals surface area contributed by atoms with Gasteiger partial charge in [-0.3, -0.25) is 18.6 Å². The number of carbonyl (C=O) groups is 2. The molecule has 13 nitrogen and oxygen atoms in total. The van der Waals surface area contributed by atoms with Crippen LogP contribution in [0.4, 0.5) is 0 Å². The van der Waals surface area contributed by atoms with Gasteiger partial charge in [0.15, 0.2) is 5.78 Å². The smallest absolute Gasteiger partial charge is 0.472 e. The molecule has 0 aliphatic heterocycles. The molecule has 5 aromatic carbocycles. The van der Waals surface area contributed by atoms with Crippen LogP contribution in [0.2, 0.25) is 0 Å². The number of aliphatic hydroxyl groups excluding tert-OH is 1. The van der Waals surface area contributed by atoms with Crippen molar-refractivity contribution in [1.29, 1.82) is 0 Å². The third kappa shape index (κ3) is 14.1. The van der Waals surface area contributed by atoms with Crippen molar-refractivity contribution in [2.24, 2.45) is 5.41 Å². The van der Waals surface area contributed by atoms with Crippen LogP contribution in [-0.2, 0) is 23.1 Å². The van der Waals surface area contributed by atoms with Gasteiger partial charge >= 0.3 is 13.8 Å². The Balaban J connectivity index is 1.04. The van der Waals surface area contributed by atoms with Crippen LogP contribution in [0.1, 0.15) is 47.9 Å². The number of aliphatic hydroxyl groups is 1. The Kier molecular flexibility index (Phi) is 15.1. The lowest BCUT2D eigenvalue weighted by Gasteiger charge is -2.26. The molecule has 5 rings (SSSR count). The number of likely N-dealkylation sites (N-methyl/N-ethyl adjacent to an activating group) is 1. The SMILES string of the molecule is COc1ccc(Oc2ccc(C(=O)c3ccc(Oc4ccc(Oc5ccc(C(O)CC(C)(C)C(=O)OCCOP(=O)(O)OCC[N+](C)(C)C)cc5)cc4)cc3)cc2)cc1. The Morgan fingerprint density at radius 1 is 0.610 bits per heavy atom. The predicted octanol–water partition coefficient (Wildman–Crippen LogP) is 9.14. The molecule has 0 radical (unpaired) electrons. The molecule has 2 atom stereocenters. The summed E-state index contributed by atoms with van der Waals surface area (Å²) >= 11 is 0. The number of ketones is 1. The van der Waals surface area contributed by atoms with E-state index in [1.165, 1.54) is 0 Å². The molecule has 0 fully saturated rings. The number of quaternary nitrogens is 1. The Morgan fingerprint density at radius 3 is 1.39 bits per heavy atom. The minimum atomic E-state index is -4.27. The van der Waals surface area contributed by atoms with Gasteiger partial charge in [-0.1, -0.05) is 12.1 Å². The Morgan fingerprint density at radius 2 is 0.983 bits per heavy atom. The maximum Gasteiger partial charge on any atom is 0.472 e. The van der Waals surface area contributed by atoms with Crippen molar-refractivity contribution in [2.45, 2.75) is 26.4 Å². The highest BCUT2D eigenvalue weighted by molar-refractivity contribution is 7.47. The minimum absolute atomic E-state index is 0.0322. The average Bonchev–Trinajstić information content (AvgIpc) is 3.20. The minimum Gasteiger partial charge on any atom is -0.497 e. The number of phosphoric acid groups is 1. The fourth-order valence-corrected chi connectivity index (χ4v) is 6.23. The van der Waals surface area contributed by atoms with Crippen molar-refractivity contribution in [2.75, 3.05) is 54.6 Å². The molecule has 0 amide bonds. The summed E-state index contributed by atoms with van der Waals surface area (Å²) in [6.07, 6.45) is -0.909. The number of rotatable bonds is 21. The quantitative estimate of drug-likeness (QED) is 0.0238. The zero-order valence-electron chi connectivity index (χ0n) is 34.0. The first-order valence-electron chi connectivity index (χ1n) is 18.9. The monoisotopic (exact) mass is 828 g/mol. The van der Waals surface area contributed by atoms with E-state index < -0.39 is 25.3 Å². The second-order valence-corrected chi connectivity index (χ2v) is 16.7. The van der Waals surface area contributed by atoms with Gasteiger partial charge in [0.1, 0.15) is 60.0 Å². The van der Waals surface area contributed by atoms with E-state index in [0.717, 1.165) is 5.75 Å². The first-order valence-corrected chi connectivity index (χ1v) is 20.4. The third-order valence-electron chi connectivity index (χ3n) is 8.93. The maximum absolute atomic E-state index is 13.1. The topological polar surface area (TPSA) is 156 Å². The van der Waals surface area contributed by atoms with E-state index in [4.69, 9.17) is 32.7 Å². The number of benzene rings is 5. The molecule has 5 aromatic rings. The van der Waals surface area contributed by atoms with Crippen molar-refractivity contribution in [3.05, 3.63) is 138 Å². The molecule has 2 unspecified atom stereocenters. The highest BCUT2D eigenvalue weighted by Gasteiger charge is 2.33. The van der Waals surface area contributed by atoms with Gasteiger partial charge in [-0.25, -0.2) is 4.57 Å². The van der Waals surface area contributed by atoms with Gasteiger partial charge in [0.25, 0.3) is 0 Å². The fraction of sp³-hybridized carbons (Fsp3) is 0.289. The molecule has 0 aromatic heterocycles. The molecule has 2 N–H and O–H groups in total. The fourth-order valence-electron chi connectivity index (χ4n) is 5.54. The summed E-state index contributed by atoms with van der Waals surface area (Å²) in [4.78, 5) is 35.7. The molecule has 14 heteroatoms.